The van der Waals surface area contributed by atoms with E-state index in [-0.39, 0.29) is 15.1 Å². The quantitative estimate of drug-likeness (QED) is 0.876. The molecule has 0 radical (unpaired) electrons. The highest BCUT2D eigenvalue weighted by Gasteiger charge is 2.65. The minimum Gasteiger partial charge on any atom is -0.315 e. The highest BCUT2D eigenvalue weighted by molar-refractivity contribution is 7.91. The Labute approximate surface area is 115 Å². The van der Waals surface area contributed by atoms with Gasteiger partial charge in [0.15, 0.2) is 4.21 Å². The second-order valence-corrected chi connectivity index (χ2v) is 8.95. The van der Waals surface area contributed by atoms with Gasteiger partial charge >= 0.3 is 4.87 Å². The smallest absolute Gasteiger partial charge is 0.305 e. The molecule has 3 aliphatic rings. The van der Waals surface area contributed by atoms with Crippen LogP contribution >= 0.6 is 11.3 Å². The highest BCUT2D eigenvalue weighted by atomic mass is 32.2. The molecule has 0 aromatic carbocycles. The summed E-state index contributed by atoms with van der Waals surface area (Å²) in [6, 6.07) is 0.118. The SMILES string of the molecule is Cc1[nH]c(=O)sc1S(=O)(=O)NC1C2C3CCC(C3)C12. The van der Waals surface area contributed by atoms with Gasteiger partial charge < -0.3 is 4.98 Å². The topological polar surface area (TPSA) is 79.0 Å². The standard InChI is InChI=1S/C12H16N2O3S2/c1-5-11(18-12(15)13-5)19(16,17)14-10-8-6-2-3-7(4-6)9(8)10/h6-10,14H,2-4H2,1H3,(H,13,15). The second-order valence-electron chi connectivity index (χ2n) is 6.06. The predicted octanol–water partition coefficient (Wildman–Crippen LogP) is 1.07. The van der Waals surface area contributed by atoms with Gasteiger partial charge in [-0.1, -0.05) is 11.3 Å². The Bertz CT molecular complexity index is 674. The Morgan fingerprint density at radius 3 is 2.42 bits per heavy atom. The van der Waals surface area contributed by atoms with Gasteiger partial charge in [-0.05, 0) is 49.9 Å². The number of hydrogen-bond donors (Lipinski definition) is 2. The molecule has 2 bridgehead atoms. The predicted molar refractivity (Wildman–Crippen MR) is 71.6 cm³/mol. The number of nitrogens with one attached hydrogen (secondary N) is 2. The molecule has 0 amide bonds. The molecule has 3 fully saturated rings. The molecule has 1 heterocycles. The summed E-state index contributed by atoms with van der Waals surface area (Å²) in [6.45, 7) is 1.63. The third-order valence-corrected chi connectivity index (χ3v) is 8.12. The molecule has 7 heteroatoms. The molecule has 0 saturated heterocycles. The van der Waals surface area contributed by atoms with E-state index in [1.54, 1.807) is 6.92 Å². The zero-order chi connectivity index (χ0) is 13.4. The largest absolute Gasteiger partial charge is 0.315 e. The van der Waals surface area contributed by atoms with Crippen LogP contribution in [-0.4, -0.2) is 19.4 Å². The van der Waals surface area contributed by atoms with Gasteiger partial charge in [0.2, 0.25) is 0 Å². The zero-order valence-corrected chi connectivity index (χ0v) is 12.2. The summed E-state index contributed by atoms with van der Waals surface area (Å²) in [7, 11) is -3.53. The van der Waals surface area contributed by atoms with E-state index in [4.69, 9.17) is 0 Å². The molecule has 3 aliphatic carbocycles. The molecule has 1 aromatic heterocycles. The monoisotopic (exact) mass is 300 g/mol. The fourth-order valence-electron chi connectivity index (χ4n) is 4.36. The van der Waals surface area contributed by atoms with E-state index in [1.807, 2.05) is 0 Å². The lowest BCUT2D eigenvalue weighted by Gasteiger charge is -2.10. The molecule has 4 atom stereocenters. The summed E-state index contributed by atoms with van der Waals surface area (Å²) >= 11 is 0.775. The normalized spacial score (nSPS) is 39.5. The minimum absolute atomic E-state index is 0.118. The van der Waals surface area contributed by atoms with E-state index in [9.17, 15) is 13.2 Å². The highest BCUT2D eigenvalue weighted by Crippen LogP contribution is 2.65. The molecule has 19 heavy (non-hydrogen) atoms. The van der Waals surface area contributed by atoms with Crippen LogP contribution in [0.15, 0.2) is 9.00 Å². The fraction of sp³-hybridized carbons (Fsp3) is 0.750. The number of H-pyrrole nitrogens is 1. The molecule has 0 aliphatic heterocycles. The number of thiazole rings is 1. The molecular formula is C12H16N2O3S2. The zero-order valence-electron chi connectivity index (χ0n) is 10.5. The molecule has 3 saturated carbocycles. The minimum atomic E-state index is -3.53. The molecule has 4 unspecified atom stereocenters. The number of fused-ring (bicyclic) bond motifs is 5. The van der Waals surface area contributed by atoms with E-state index in [2.05, 4.69) is 9.71 Å². The average molecular weight is 300 g/mol. The van der Waals surface area contributed by atoms with Gasteiger partial charge in [-0.15, -0.1) is 0 Å². The van der Waals surface area contributed by atoms with Crippen molar-refractivity contribution in [3.8, 4) is 0 Å². The number of aromatic nitrogens is 1. The molecule has 1 aromatic rings. The van der Waals surface area contributed by atoms with Crippen LogP contribution < -0.4 is 9.60 Å². The third kappa shape index (κ3) is 1.68. The van der Waals surface area contributed by atoms with E-state index < -0.39 is 10.0 Å². The van der Waals surface area contributed by atoms with Crippen molar-refractivity contribution in [2.45, 2.75) is 36.4 Å². The summed E-state index contributed by atoms with van der Waals surface area (Å²) in [4.78, 5) is 13.5. The Kier molecular flexibility index (Phi) is 2.36. The maximum atomic E-state index is 12.3. The lowest BCUT2D eigenvalue weighted by atomic mass is 10.0. The van der Waals surface area contributed by atoms with Crippen LogP contribution in [0.3, 0.4) is 0 Å². The Balaban J connectivity index is 1.58. The van der Waals surface area contributed by atoms with Crippen LogP contribution in [0, 0.1) is 30.6 Å². The summed E-state index contributed by atoms with van der Waals surface area (Å²) in [5.41, 5.74) is 0.441. The van der Waals surface area contributed by atoms with Crippen molar-refractivity contribution in [1.82, 2.24) is 9.71 Å². The lowest BCUT2D eigenvalue weighted by Crippen LogP contribution is -2.30. The Hall–Kier alpha value is -0.660. The van der Waals surface area contributed by atoms with Crippen molar-refractivity contribution in [3.63, 3.8) is 0 Å². The lowest BCUT2D eigenvalue weighted by molar-refractivity contribution is 0.456. The van der Waals surface area contributed by atoms with Crippen molar-refractivity contribution >= 4 is 21.4 Å². The first-order chi connectivity index (χ1) is 8.97. The molecule has 5 nitrogen and oxygen atoms in total. The van der Waals surface area contributed by atoms with Crippen molar-refractivity contribution in [3.05, 3.63) is 15.4 Å². The van der Waals surface area contributed by atoms with Crippen molar-refractivity contribution in [2.24, 2.45) is 23.7 Å². The van der Waals surface area contributed by atoms with Gasteiger partial charge in [0, 0.05) is 11.7 Å². The van der Waals surface area contributed by atoms with Crippen LogP contribution in [-0.2, 0) is 10.0 Å². The first kappa shape index (κ1) is 12.1. The van der Waals surface area contributed by atoms with E-state index >= 15 is 0 Å². The number of hydrogen-bond acceptors (Lipinski definition) is 4. The molecule has 4 rings (SSSR count). The van der Waals surface area contributed by atoms with Gasteiger partial charge in [-0.25, -0.2) is 13.1 Å². The van der Waals surface area contributed by atoms with Gasteiger partial charge in [0.25, 0.3) is 10.0 Å². The summed E-state index contributed by atoms with van der Waals surface area (Å²) < 4.78 is 27.6. The molecule has 104 valence electrons. The van der Waals surface area contributed by atoms with E-state index in [0.717, 1.165) is 23.2 Å². The molecule has 0 spiro atoms. The van der Waals surface area contributed by atoms with Crippen molar-refractivity contribution in [2.75, 3.05) is 0 Å². The Morgan fingerprint density at radius 2 is 1.89 bits per heavy atom. The first-order valence-electron chi connectivity index (χ1n) is 6.69. The summed E-state index contributed by atoms with van der Waals surface area (Å²) in [6.07, 6.45) is 3.82. The van der Waals surface area contributed by atoms with E-state index in [1.165, 1.54) is 19.3 Å². The summed E-state index contributed by atoms with van der Waals surface area (Å²) in [5, 5.41) is 0. The second kappa shape index (κ2) is 3.71. The van der Waals surface area contributed by atoms with Crippen LogP contribution in [0.25, 0.3) is 0 Å². The van der Waals surface area contributed by atoms with Gasteiger partial charge in [0.05, 0.1) is 0 Å². The van der Waals surface area contributed by atoms with Crippen molar-refractivity contribution in [1.29, 1.82) is 0 Å². The maximum absolute atomic E-state index is 12.3. The number of aryl methyl sites for hydroxylation is 1. The van der Waals surface area contributed by atoms with Crippen molar-refractivity contribution < 1.29 is 8.42 Å². The van der Waals surface area contributed by atoms with Crippen LogP contribution in [0.1, 0.15) is 25.0 Å². The molecular weight excluding hydrogens is 284 g/mol. The number of sulfonamides is 1. The van der Waals surface area contributed by atoms with E-state index in [0.29, 0.717) is 17.5 Å². The average Bonchev–Trinajstić information content (AvgIpc) is 2.71. The van der Waals surface area contributed by atoms with Crippen LogP contribution in [0.2, 0.25) is 0 Å². The molecule has 2 N–H and O–H groups in total. The first-order valence-corrected chi connectivity index (χ1v) is 8.99. The fourth-order valence-corrected chi connectivity index (χ4v) is 6.98. The number of aromatic amines is 1. The van der Waals surface area contributed by atoms with Gasteiger partial charge in [-0.3, -0.25) is 4.79 Å². The van der Waals surface area contributed by atoms with Gasteiger partial charge in [-0.2, -0.15) is 0 Å². The van der Waals surface area contributed by atoms with Crippen LogP contribution in [0.5, 0.6) is 0 Å². The summed E-state index contributed by atoms with van der Waals surface area (Å²) in [5.74, 6) is 2.58. The third-order valence-electron chi connectivity index (χ3n) is 5.05. The number of rotatable bonds is 3. The Morgan fingerprint density at radius 1 is 1.26 bits per heavy atom. The maximum Gasteiger partial charge on any atom is 0.305 e. The van der Waals surface area contributed by atoms with Gasteiger partial charge in [0.1, 0.15) is 0 Å². The van der Waals surface area contributed by atoms with Crippen LogP contribution in [0.4, 0.5) is 0 Å².